The molecule has 156 valence electrons. The Kier molecular flexibility index (Phi) is 7.69. The normalized spacial score (nSPS) is 14.6. The summed E-state index contributed by atoms with van der Waals surface area (Å²) >= 11 is 1.60. The third-order valence-electron chi connectivity index (χ3n) is 5.03. The molecule has 0 amide bonds. The Morgan fingerprint density at radius 1 is 1.14 bits per heavy atom. The maximum atomic E-state index is 12.0. The fourth-order valence-electron chi connectivity index (χ4n) is 3.58. The fraction of sp³-hybridized carbons (Fsp3) is 0.524. The highest BCUT2D eigenvalue weighted by atomic mass is 32.2. The summed E-state index contributed by atoms with van der Waals surface area (Å²) in [6.07, 6.45) is 5.92. The molecule has 1 saturated carbocycles. The molecular weight excluding hydrogens is 390 g/mol. The Morgan fingerprint density at radius 3 is 2.52 bits per heavy atom. The number of ether oxygens (including phenoxy) is 2. The largest absolute Gasteiger partial charge is 0.466 e. The van der Waals surface area contributed by atoms with E-state index < -0.39 is 0 Å². The molecule has 3 rings (SSSR count). The van der Waals surface area contributed by atoms with Gasteiger partial charge >= 0.3 is 11.9 Å². The van der Waals surface area contributed by atoms with Crippen LogP contribution in [0.2, 0.25) is 0 Å². The number of esters is 2. The predicted molar refractivity (Wildman–Crippen MR) is 110 cm³/mol. The minimum atomic E-state index is -0.343. The van der Waals surface area contributed by atoms with E-state index in [0.717, 1.165) is 23.6 Å². The van der Waals surface area contributed by atoms with E-state index in [1.807, 2.05) is 12.1 Å². The van der Waals surface area contributed by atoms with Crippen molar-refractivity contribution in [2.75, 3.05) is 13.7 Å². The smallest absolute Gasteiger partial charge is 0.337 e. The minimum Gasteiger partial charge on any atom is -0.466 e. The number of carbonyl (C=O) groups excluding carboxylic acids is 2. The van der Waals surface area contributed by atoms with Gasteiger partial charge in [-0.25, -0.2) is 4.79 Å². The van der Waals surface area contributed by atoms with Crippen LogP contribution < -0.4 is 0 Å². The Hall–Kier alpha value is -2.35. The molecular formula is C21H27N3O4S. The molecule has 1 aromatic heterocycles. The number of carbonyl (C=O) groups is 2. The molecule has 0 spiro atoms. The average molecular weight is 418 g/mol. The van der Waals surface area contributed by atoms with Crippen molar-refractivity contribution in [2.45, 2.75) is 62.4 Å². The standard InChI is InChI=1S/C21H27N3O4S/c1-3-28-19(25)13-18-22-23-21(24(18)17-7-5-4-6-8-17)29-14-15-9-11-16(12-10-15)20(26)27-2/h9-12,17H,3-8,13-14H2,1-2H3. The summed E-state index contributed by atoms with van der Waals surface area (Å²) in [5.41, 5.74) is 1.61. The zero-order valence-electron chi connectivity index (χ0n) is 16.9. The summed E-state index contributed by atoms with van der Waals surface area (Å²) in [4.78, 5) is 23.6. The number of rotatable bonds is 8. The monoisotopic (exact) mass is 417 g/mol. The molecule has 1 fully saturated rings. The van der Waals surface area contributed by atoms with Crippen LogP contribution in [-0.4, -0.2) is 40.4 Å². The van der Waals surface area contributed by atoms with Gasteiger partial charge in [-0.3, -0.25) is 4.79 Å². The molecule has 0 N–H and O–H groups in total. The summed E-state index contributed by atoms with van der Waals surface area (Å²) in [5, 5.41) is 9.50. The summed E-state index contributed by atoms with van der Waals surface area (Å²) in [6, 6.07) is 7.69. The van der Waals surface area contributed by atoms with Crippen LogP contribution >= 0.6 is 11.8 Å². The lowest BCUT2D eigenvalue weighted by molar-refractivity contribution is -0.142. The first-order chi connectivity index (χ1) is 14.1. The van der Waals surface area contributed by atoms with E-state index in [0.29, 0.717) is 29.8 Å². The lowest BCUT2D eigenvalue weighted by Crippen LogP contribution is -2.19. The molecule has 1 aliphatic carbocycles. The van der Waals surface area contributed by atoms with Crippen LogP contribution in [0.25, 0.3) is 0 Å². The highest BCUT2D eigenvalue weighted by Crippen LogP contribution is 2.33. The van der Waals surface area contributed by atoms with E-state index in [4.69, 9.17) is 9.47 Å². The molecule has 2 aromatic rings. The van der Waals surface area contributed by atoms with E-state index in [-0.39, 0.29) is 18.4 Å². The van der Waals surface area contributed by atoms with Crippen LogP contribution in [0.4, 0.5) is 0 Å². The Bertz CT molecular complexity index is 829. The SMILES string of the molecule is CCOC(=O)Cc1nnc(SCc2ccc(C(=O)OC)cc2)n1C1CCCCC1. The zero-order valence-corrected chi connectivity index (χ0v) is 17.7. The first-order valence-electron chi connectivity index (χ1n) is 10.0. The highest BCUT2D eigenvalue weighted by Gasteiger charge is 2.24. The lowest BCUT2D eigenvalue weighted by Gasteiger charge is -2.25. The van der Waals surface area contributed by atoms with Crippen molar-refractivity contribution in [2.24, 2.45) is 0 Å². The molecule has 1 aliphatic rings. The molecule has 8 heteroatoms. The molecule has 7 nitrogen and oxygen atoms in total. The van der Waals surface area contributed by atoms with Crippen LogP contribution in [-0.2, 0) is 26.4 Å². The van der Waals surface area contributed by atoms with E-state index in [9.17, 15) is 9.59 Å². The topological polar surface area (TPSA) is 83.3 Å². The summed E-state index contributed by atoms with van der Waals surface area (Å²) < 4.78 is 12.0. The van der Waals surface area contributed by atoms with Gasteiger partial charge in [-0.1, -0.05) is 43.2 Å². The van der Waals surface area contributed by atoms with Gasteiger partial charge in [-0.15, -0.1) is 10.2 Å². The average Bonchev–Trinajstić information content (AvgIpc) is 3.15. The van der Waals surface area contributed by atoms with E-state index in [1.54, 1.807) is 30.8 Å². The molecule has 1 aromatic carbocycles. The number of thioether (sulfide) groups is 1. The van der Waals surface area contributed by atoms with Crippen LogP contribution in [0, 0.1) is 0 Å². The maximum absolute atomic E-state index is 12.0. The molecule has 0 aliphatic heterocycles. The second-order valence-electron chi connectivity index (χ2n) is 7.02. The van der Waals surface area contributed by atoms with Gasteiger partial charge < -0.3 is 14.0 Å². The van der Waals surface area contributed by atoms with Crippen molar-refractivity contribution in [3.8, 4) is 0 Å². The number of nitrogens with zero attached hydrogens (tertiary/aromatic N) is 3. The molecule has 0 atom stereocenters. The summed E-state index contributed by atoms with van der Waals surface area (Å²) in [5.74, 6) is 0.766. The number of benzene rings is 1. The molecule has 0 saturated heterocycles. The minimum absolute atomic E-state index is 0.145. The van der Waals surface area contributed by atoms with Crippen LogP contribution in [0.5, 0.6) is 0 Å². The number of methoxy groups -OCH3 is 1. The first kappa shape index (κ1) is 21.4. The number of hydrogen-bond donors (Lipinski definition) is 0. The van der Waals surface area contributed by atoms with Crippen molar-refractivity contribution in [1.29, 1.82) is 0 Å². The fourth-order valence-corrected chi connectivity index (χ4v) is 4.56. The molecule has 1 heterocycles. The maximum Gasteiger partial charge on any atom is 0.337 e. The summed E-state index contributed by atoms with van der Waals surface area (Å²) in [6.45, 7) is 2.16. The van der Waals surface area contributed by atoms with Gasteiger partial charge in [0.05, 0.1) is 19.3 Å². The van der Waals surface area contributed by atoms with Gasteiger partial charge in [-0.2, -0.15) is 0 Å². The first-order valence-corrected chi connectivity index (χ1v) is 11.0. The second-order valence-corrected chi connectivity index (χ2v) is 7.96. The van der Waals surface area contributed by atoms with Crippen LogP contribution in [0.3, 0.4) is 0 Å². The quantitative estimate of drug-likeness (QED) is 0.475. The van der Waals surface area contributed by atoms with Crippen LogP contribution in [0.1, 0.15) is 66.8 Å². The number of aromatic nitrogens is 3. The van der Waals surface area contributed by atoms with Crippen molar-refractivity contribution in [3.63, 3.8) is 0 Å². The van der Waals surface area contributed by atoms with Gasteiger partial charge in [0, 0.05) is 11.8 Å². The van der Waals surface area contributed by atoms with E-state index in [2.05, 4.69) is 14.8 Å². The summed E-state index contributed by atoms with van der Waals surface area (Å²) in [7, 11) is 1.37. The Labute approximate surface area is 175 Å². The van der Waals surface area contributed by atoms with Gasteiger partial charge in [0.1, 0.15) is 12.2 Å². The van der Waals surface area contributed by atoms with E-state index in [1.165, 1.54) is 26.4 Å². The molecule has 0 unspecified atom stereocenters. The third-order valence-corrected chi connectivity index (χ3v) is 6.04. The highest BCUT2D eigenvalue weighted by molar-refractivity contribution is 7.98. The molecule has 0 radical (unpaired) electrons. The van der Waals surface area contributed by atoms with Gasteiger partial charge in [0.2, 0.25) is 0 Å². The van der Waals surface area contributed by atoms with Crippen molar-refractivity contribution in [1.82, 2.24) is 14.8 Å². The third kappa shape index (κ3) is 5.59. The molecule has 29 heavy (non-hydrogen) atoms. The predicted octanol–water partition coefficient (Wildman–Crippen LogP) is 3.97. The van der Waals surface area contributed by atoms with Gasteiger partial charge in [-0.05, 0) is 37.5 Å². The Balaban J connectivity index is 1.74. The van der Waals surface area contributed by atoms with Gasteiger partial charge in [0.25, 0.3) is 0 Å². The van der Waals surface area contributed by atoms with E-state index >= 15 is 0 Å². The Morgan fingerprint density at radius 2 is 1.86 bits per heavy atom. The van der Waals surface area contributed by atoms with Crippen molar-refractivity contribution < 1.29 is 19.1 Å². The lowest BCUT2D eigenvalue weighted by atomic mass is 9.95. The second kappa shape index (κ2) is 10.4. The zero-order chi connectivity index (χ0) is 20.6. The van der Waals surface area contributed by atoms with Crippen LogP contribution in [0.15, 0.2) is 29.4 Å². The number of hydrogen-bond acceptors (Lipinski definition) is 7. The van der Waals surface area contributed by atoms with Gasteiger partial charge in [0.15, 0.2) is 5.16 Å². The van der Waals surface area contributed by atoms with Crippen molar-refractivity contribution >= 4 is 23.7 Å². The van der Waals surface area contributed by atoms with Crippen molar-refractivity contribution in [3.05, 3.63) is 41.2 Å². The molecule has 0 bridgehead atoms.